The lowest BCUT2D eigenvalue weighted by molar-refractivity contribution is -0.123. The molecule has 0 unspecified atom stereocenters. The van der Waals surface area contributed by atoms with E-state index < -0.39 is 23.8 Å². The fourth-order valence-corrected chi connectivity index (χ4v) is 3.31. The van der Waals surface area contributed by atoms with Gasteiger partial charge in [-0.3, -0.25) is 19.7 Å². The molecule has 1 aliphatic rings. The lowest BCUT2D eigenvalue weighted by Gasteiger charge is -2.26. The maximum atomic E-state index is 13.0. The first-order valence-electron chi connectivity index (χ1n) is 8.86. The van der Waals surface area contributed by atoms with Gasteiger partial charge in [0.15, 0.2) is 6.61 Å². The molecule has 2 aromatic carbocycles. The molecule has 154 valence electrons. The van der Waals surface area contributed by atoms with E-state index in [2.05, 4.69) is 21.2 Å². The zero-order chi connectivity index (χ0) is 22.0. The second kappa shape index (κ2) is 8.50. The number of anilines is 1. The summed E-state index contributed by atoms with van der Waals surface area (Å²) in [6.45, 7) is 3.50. The van der Waals surface area contributed by atoms with E-state index in [0.717, 1.165) is 16.0 Å². The lowest BCUT2D eigenvalue weighted by Crippen LogP contribution is -2.54. The van der Waals surface area contributed by atoms with Crippen molar-refractivity contribution in [1.82, 2.24) is 5.32 Å². The summed E-state index contributed by atoms with van der Waals surface area (Å²) in [6, 6.07) is 9.13. The van der Waals surface area contributed by atoms with Crippen LogP contribution < -0.4 is 20.7 Å². The Bertz CT molecular complexity index is 1110. The van der Waals surface area contributed by atoms with Gasteiger partial charge in [-0.25, -0.2) is 9.69 Å². The number of amides is 5. The van der Waals surface area contributed by atoms with Crippen LogP contribution in [0.5, 0.6) is 5.75 Å². The Hall–Kier alpha value is -3.46. The number of nitrogens with zero attached hydrogens (tertiary/aromatic N) is 1. The summed E-state index contributed by atoms with van der Waals surface area (Å²) in [6.07, 6.45) is 1.38. The molecule has 2 aromatic rings. The molecule has 0 saturated carbocycles. The molecule has 0 bridgehead atoms. The van der Waals surface area contributed by atoms with Crippen molar-refractivity contribution in [3.05, 3.63) is 63.1 Å². The third-order valence-corrected chi connectivity index (χ3v) is 5.11. The number of aryl methyl sites for hydroxylation is 2. The van der Waals surface area contributed by atoms with Crippen LogP contribution in [0, 0.1) is 13.8 Å². The lowest BCUT2D eigenvalue weighted by atomic mass is 10.1. The first-order valence-corrected chi connectivity index (χ1v) is 9.66. The van der Waals surface area contributed by atoms with E-state index in [4.69, 9.17) is 10.5 Å². The molecule has 9 heteroatoms. The van der Waals surface area contributed by atoms with E-state index in [1.807, 2.05) is 13.8 Å². The predicted molar refractivity (Wildman–Crippen MR) is 114 cm³/mol. The highest BCUT2D eigenvalue weighted by Crippen LogP contribution is 2.28. The van der Waals surface area contributed by atoms with E-state index >= 15 is 0 Å². The van der Waals surface area contributed by atoms with Gasteiger partial charge in [0.05, 0.1) is 10.2 Å². The van der Waals surface area contributed by atoms with Crippen molar-refractivity contribution in [3.63, 3.8) is 0 Å². The van der Waals surface area contributed by atoms with Crippen LogP contribution in [0.3, 0.4) is 0 Å². The van der Waals surface area contributed by atoms with Gasteiger partial charge in [0.2, 0.25) is 0 Å². The van der Waals surface area contributed by atoms with Crippen LogP contribution >= 0.6 is 15.9 Å². The smallest absolute Gasteiger partial charge is 0.335 e. The van der Waals surface area contributed by atoms with Crippen LogP contribution in [0.2, 0.25) is 0 Å². The van der Waals surface area contributed by atoms with E-state index in [1.54, 1.807) is 36.4 Å². The Balaban J connectivity index is 1.93. The minimum atomic E-state index is -0.804. The zero-order valence-corrected chi connectivity index (χ0v) is 17.8. The Morgan fingerprint density at radius 3 is 2.50 bits per heavy atom. The maximum Gasteiger partial charge on any atom is 0.335 e. The molecule has 1 saturated heterocycles. The Morgan fingerprint density at radius 1 is 1.13 bits per heavy atom. The van der Waals surface area contributed by atoms with Gasteiger partial charge in [0.25, 0.3) is 17.7 Å². The van der Waals surface area contributed by atoms with Gasteiger partial charge in [-0.15, -0.1) is 0 Å². The molecule has 0 aromatic heterocycles. The SMILES string of the molecule is Cc1ccc(N2C(=O)NC(=O)/C(=C\c3ccc(OCC(N)=O)c(Br)c3)C2=O)cc1C. The summed E-state index contributed by atoms with van der Waals surface area (Å²) in [5.41, 5.74) is 7.68. The van der Waals surface area contributed by atoms with Crippen molar-refractivity contribution < 1.29 is 23.9 Å². The molecule has 0 atom stereocenters. The molecule has 8 nitrogen and oxygen atoms in total. The molecule has 30 heavy (non-hydrogen) atoms. The van der Waals surface area contributed by atoms with Crippen LogP contribution in [0.25, 0.3) is 6.08 Å². The zero-order valence-electron chi connectivity index (χ0n) is 16.2. The standard InChI is InChI=1S/C21H18BrN3O5/c1-11-3-5-14(7-12(11)2)25-20(28)15(19(27)24-21(25)29)8-13-4-6-17(16(22)9-13)30-10-18(23)26/h3-9H,10H2,1-2H3,(H2,23,26)(H,24,27,29)/b15-8+. The maximum absolute atomic E-state index is 13.0. The number of rotatable bonds is 5. The Kier molecular flexibility index (Phi) is 6.02. The number of halogens is 1. The molecule has 0 spiro atoms. The molecule has 1 heterocycles. The van der Waals surface area contributed by atoms with Gasteiger partial charge in [0, 0.05) is 0 Å². The van der Waals surface area contributed by atoms with E-state index in [9.17, 15) is 19.2 Å². The van der Waals surface area contributed by atoms with Crippen molar-refractivity contribution in [2.75, 3.05) is 11.5 Å². The van der Waals surface area contributed by atoms with E-state index in [1.165, 1.54) is 6.08 Å². The first kappa shape index (κ1) is 21.3. The number of benzene rings is 2. The van der Waals surface area contributed by atoms with E-state index in [-0.39, 0.29) is 12.2 Å². The number of hydrogen-bond acceptors (Lipinski definition) is 5. The average molecular weight is 472 g/mol. The number of carbonyl (C=O) groups excluding carboxylic acids is 4. The van der Waals surface area contributed by atoms with Crippen molar-refractivity contribution in [1.29, 1.82) is 0 Å². The fraction of sp³-hybridized carbons (Fsp3) is 0.143. The topological polar surface area (TPSA) is 119 Å². The molecular formula is C21H18BrN3O5. The summed E-state index contributed by atoms with van der Waals surface area (Å²) in [4.78, 5) is 49.4. The third-order valence-electron chi connectivity index (χ3n) is 4.49. The number of imide groups is 2. The quantitative estimate of drug-likeness (QED) is 0.512. The summed E-state index contributed by atoms with van der Waals surface area (Å²) in [5.74, 6) is -1.75. The second-order valence-electron chi connectivity index (χ2n) is 6.67. The Labute approximate surface area is 180 Å². The van der Waals surface area contributed by atoms with Gasteiger partial charge < -0.3 is 10.5 Å². The molecule has 0 radical (unpaired) electrons. The van der Waals surface area contributed by atoms with Crippen LogP contribution in [0.1, 0.15) is 16.7 Å². The number of carbonyl (C=O) groups is 4. The van der Waals surface area contributed by atoms with Crippen molar-refractivity contribution >= 4 is 51.4 Å². The van der Waals surface area contributed by atoms with Crippen LogP contribution in [-0.4, -0.2) is 30.4 Å². The fourth-order valence-electron chi connectivity index (χ4n) is 2.80. The molecule has 5 amide bonds. The summed E-state index contributed by atoms with van der Waals surface area (Å²) < 4.78 is 5.76. The van der Waals surface area contributed by atoms with Crippen molar-refractivity contribution in [3.8, 4) is 5.75 Å². The highest BCUT2D eigenvalue weighted by molar-refractivity contribution is 9.10. The first-order chi connectivity index (χ1) is 14.2. The summed E-state index contributed by atoms with van der Waals surface area (Å²) >= 11 is 3.31. The molecule has 0 aliphatic carbocycles. The van der Waals surface area contributed by atoms with Crippen LogP contribution in [0.4, 0.5) is 10.5 Å². The normalized spacial score (nSPS) is 15.4. The van der Waals surface area contributed by atoms with Crippen molar-refractivity contribution in [2.45, 2.75) is 13.8 Å². The van der Waals surface area contributed by atoms with Crippen LogP contribution in [-0.2, 0) is 14.4 Å². The van der Waals surface area contributed by atoms with Crippen molar-refractivity contribution in [2.24, 2.45) is 5.73 Å². The van der Waals surface area contributed by atoms with Gasteiger partial charge in [0.1, 0.15) is 11.3 Å². The minimum absolute atomic E-state index is 0.189. The highest BCUT2D eigenvalue weighted by Gasteiger charge is 2.36. The third kappa shape index (κ3) is 4.41. The van der Waals surface area contributed by atoms with Gasteiger partial charge in [-0.05, 0) is 76.8 Å². The molecule has 1 aliphatic heterocycles. The molecular weight excluding hydrogens is 454 g/mol. The summed E-state index contributed by atoms with van der Waals surface area (Å²) in [7, 11) is 0. The number of ether oxygens (including phenoxy) is 1. The van der Waals surface area contributed by atoms with Gasteiger partial charge in [-0.1, -0.05) is 12.1 Å². The number of barbiturate groups is 1. The average Bonchev–Trinajstić information content (AvgIpc) is 2.67. The number of nitrogens with two attached hydrogens (primary N) is 1. The number of primary amides is 1. The number of nitrogens with one attached hydrogen (secondary N) is 1. The number of urea groups is 1. The molecule has 1 fully saturated rings. The second-order valence-corrected chi connectivity index (χ2v) is 7.53. The van der Waals surface area contributed by atoms with Gasteiger partial charge in [-0.2, -0.15) is 0 Å². The number of hydrogen-bond donors (Lipinski definition) is 2. The van der Waals surface area contributed by atoms with Gasteiger partial charge >= 0.3 is 6.03 Å². The van der Waals surface area contributed by atoms with E-state index in [0.29, 0.717) is 21.5 Å². The highest BCUT2D eigenvalue weighted by atomic mass is 79.9. The largest absolute Gasteiger partial charge is 0.483 e. The van der Waals surface area contributed by atoms with Crippen LogP contribution in [0.15, 0.2) is 46.4 Å². The summed E-state index contributed by atoms with van der Waals surface area (Å²) in [5, 5.41) is 2.19. The predicted octanol–water partition coefficient (Wildman–Crippen LogP) is 2.60. The minimum Gasteiger partial charge on any atom is -0.483 e. The molecule has 3 N–H and O–H groups in total. The Morgan fingerprint density at radius 2 is 1.87 bits per heavy atom. The molecule has 3 rings (SSSR count). The monoisotopic (exact) mass is 471 g/mol.